The summed E-state index contributed by atoms with van der Waals surface area (Å²) in [4.78, 5) is 11.8. The predicted molar refractivity (Wildman–Crippen MR) is 92.5 cm³/mol. The quantitative estimate of drug-likeness (QED) is 0.414. The van der Waals surface area contributed by atoms with E-state index in [4.69, 9.17) is 10.6 Å². The summed E-state index contributed by atoms with van der Waals surface area (Å²) in [7, 11) is 0. The van der Waals surface area contributed by atoms with E-state index in [2.05, 4.69) is 10.2 Å². The van der Waals surface area contributed by atoms with Gasteiger partial charge >= 0.3 is 5.97 Å². The van der Waals surface area contributed by atoms with Gasteiger partial charge in [-0.05, 0) is 29.8 Å². The van der Waals surface area contributed by atoms with Crippen LogP contribution in [0.4, 0.5) is 4.39 Å². The smallest absolute Gasteiger partial charge is 0.316 e. The van der Waals surface area contributed by atoms with Gasteiger partial charge in [0.15, 0.2) is 5.82 Å². The van der Waals surface area contributed by atoms with E-state index in [0.29, 0.717) is 16.5 Å². The number of rotatable bonds is 6. The molecule has 0 atom stereocenters. The molecule has 0 bridgehead atoms. The molecule has 128 valence electrons. The minimum atomic E-state index is -0.375. The van der Waals surface area contributed by atoms with Crippen molar-refractivity contribution in [2.45, 2.75) is 11.8 Å². The van der Waals surface area contributed by atoms with Crippen LogP contribution < -0.4 is 5.84 Å². The first-order valence-corrected chi connectivity index (χ1v) is 8.41. The van der Waals surface area contributed by atoms with Gasteiger partial charge in [0.05, 0.1) is 5.75 Å². The standard InChI is InChI=1S/C17H15FN4O2S/c18-14-8-6-13(7-9-14)16-20-21-17(22(16)19)25-11-15(23)24-10-12-4-2-1-3-5-12/h1-9H,10-11,19H2. The van der Waals surface area contributed by atoms with Gasteiger partial charge in [0.1, 0.15) is 12.4 Å². The maximum absolute atomic E-state index is 13.0. The van der Waals surface area contributed by atoms with E-state index in [1.165, 1.54) is 16.8 Å². The maximum atomic E-state index is 13.0. The van der Waals surface area contributed by atoms with Gasteiger partial charge < -0.3 is 10.6 Å². The molecule has 3 rings (SSSR count). The lowest BCUT2D eigenvalue weighted by atomic mass is 10.2. The fourth-order valence-electron chi connectivity index (χ4n) is 2.07. The van der Waals surface area contributed by atoms with Crippen molar-refractivity contribution in [1.29, 1.82) is 0 Å². The number of halogens is 1. The second-order valence-corrected chi connectivity index (χ2v) is 6.06. The van der Waals surface area contributed by atoms with Crippen LogP contribution in [0.2, 0.25) is 0 Å². The van der Waals surface area contributed by atoms with Crippen molar-refractivity contribution in [2.24, 2.45) is 0 Å². The molecular weight excluding hydrogens is 343 g/mol. The van der Waals surface area contributed by atoms with E-state index in [1.54, 1.807) is 12.1 Å². The van der Waals surface area contributed by atoms with Crippen LogP contribution in [0.25, 0.3) is 11.4 Å². The summed E-state index contributed by atoms with van der Waals surface area (Å²) in [6.45, 7) is 0.219. The molecule has 0 radical (unpaired) electrons. The Labute approximate surface area is 147 Å². The number of hydrogen-bond acceptors (Lipinski definition) is 6. The number of carbonyl (C=O) groups is 1. The van der Waals surface area contributed by atoms with Gasteiger partial charge in [-0.3, -0.25) is 4.79 Å². The Morgan fingerprint density at radius 1 is 1.12 bits per heavy atom. The van der Waals surface area contributed by atoms with Crippen LogP contribution in [-0.2, 0) is 16.1 Å². The number of hydrogen-bond donors (Lipinski definition) is 1. The number of benzene rings is 2. The van der Waals surface area contributed by atoms with Crippen LogP contribution in [0, 0.1) is 5.82 Å². The van der Waals surface area contributed by atoms with Gasteiger partial charge in [-0.1, -0.05) is 42.1 Å². The van der Waals surface area contributed by atoms with E-state index in [1.807, 2.05) is 30.3 Å². The van der Waals surface area contributed by atoms with Crippen molar-refractivity contribution < 1.29 is 13.9 Å². The minimum absolute atomic E-state index is 0.0611. The normalized spacial score (nSPS) is 10.6. The third-order valence-electron chi connectivity index (χ3n) is 3.33. The second kappa shape index (κ2) is 7.80. The Kier molecular flexibility index (Phi) is 5.30. The number of nitrogens with zero attached hydrogens (tertiary/aromatic N) is 3. The minimum Gasteiger partial charge on any atom is -0.460 e. The Balaban J connectivity index is 1.56. The molecule has 0 saturated carbocycles. The Morgan fingerprint density at radius 2 is 1.84 bits per heavy atom. The Morgan fingerprint density at radius 3 is 2.56 bits per heavy atom. The van der Waals surface area contributed by atoms with Gasteiger partial charge in [-0.2, -0.15) is 0 Å². The number of nitrogens with two attached hydrogens (primary N) is 1. The van der Waals surface area contributed by atoms with Crippen LogP contribution in [0.3, 0.4) is 0 Å². The number of thioether (sulfide) groups is 1. The highest BCUT2D eigenvalue weighted by Gasteiger charge is 2.14. The van der Waals surface area contributed by atoms with Crippen molar-refractivity contribution in [3.05, 3.63) is 66.0 Å². The van der Waals surface area contributed by atoms with Crippen molar-refractivity contribution >= 4 is 17.7 Å². The summed E-state index contributed by atoms with van der Waals surface area (Å²) < 4.78 is 19.4. The van der Waals surface area contributed by atoms with Gasteiger partial charge in [0.25, 0.3) is 0 Å². The van der Waals surface area contributed by atoms with Crippen molar-refractivity contribution in [2.75, 3.05) is 11.6 Å². The van der Waals surface area contributed by atoms with Crippen LogP contribution >= 0.6 is 11.8 Å². The summed E-state index contributed by atoms with van der Waals surface area (Å²) in [6.07, 6.45) is 0. The van der Waals surface area contributed by atoms with E-state index in [-0.39, 0.29) is 24.1 Å². The summed E-state index contributed by atoms with van der Waals surface area (Å²) in [5.41, 5.74) is 1.55. The molecule has 2 N–H and O–H groups in total. The number of ether oxygens (including phenoxy) is 1. The highest BCUT2D eigenvalue weighted by Crippen LogP contribution is 2.21. The number of nitrogen functional groups attached to an aromatic ring is 1. The molecule has 25 heavy (non-hydrogen) atoms. The monoisotopic (exact) mass is 358 g/mol. The molecule has 0 fully saturated rings. The largest absolute Gasteiger partial charge is 0.460 e. The van der Waals surface area contributed by atoms with E-state index >= 15 is 0 Å². The molecule has 8 heteroatoms. The third kappa shape index (κ3) is 4.36. The number of esters is 1. The fraction of sp³-hybridized carbons (Fsp3) is 0.118. The van der Waals surface area contributed by atoms with E-state index in [9.17, 15) is 9.18 Å². The zero-order valence-corrected chi connectivity index (χ0v) is 13.9. The Bertz CT molecular complexity index is 853. The summed E-state index contributed by atoms with van der Waals surface area (Å²) in [6, 6.07) is 15.2. The molecule has 1 heterocycles. The molecule has 0 aliphatic heterocycles. The molecule has 0 amide bonds. The van der Waals surface area contributed by atoms with Gasteiger partial charge in [-0.15, -0.1) is 10.2 Å². The third-order valence-corrected chi connectivity index (χ3v) is 4.25. The highest BCUT2D eigenvalue weighted by atomic mass is 32.2. The van der Waals surface area contributed by atoms with Crippen molar-refractivity contribution in [3.63, 3.8) is 0 Å². The molecule has 1 aromatic heterocycles. The topological polar surface area (TPSA) is 83.0 Å². The summed E-state index contributed by atoms with van der Waals surface area (Å²) in [5.74, 6) is 5.68. The zero-order chi connectivity index (χ0) is 17.6. The number of carbonyl (C=O) groups excluding carboxylic acids is 1. The molecule has 0 aliphatic rings. The SMILES string of the molecule is Nn1c(SCC(=O)OCc2ccccc2)nnc1-c1ccc(F)cc1. The first-order chi connectivity index (χ1) is 12.1. The molecule has 0 spiro atoms. The lowest BCUT2D eigenvalue weighted by Crippen LogP contribution is -2.13. The van der Waals surface area contributed by atoms with E-state index in [0.717, 1.165) is 17.3 Å². The maximum Gasteiger partial charge on any atom is 0.316 e. The molecule has 2 aromatic carbocycles. The molecular formula is C17H15FN4O2S. The average molecular weight is 358 g/mol. The molecule has 0 saturated heterocycles. The zero-order valence-electron chi connectivity index (χ0n) is 13.1. The second-order valence-electron chi connectivity index (χ2n) is 5.12. The van der Waals surface area contributed by atoms with Crippen molar-refractivity contribution in [1.82, 2.24) is 14.9 Å². The van der Waals surface area contributed by atoms with Gasteiger partial charge in [-0.25, -0.2) is 9.07 Å². The summed E-state index contributed by atoms with van der Waals surface area (Å²) in [5, 5.41) is 8.31. The molecule has 3 aromatic rings. The average Bonchev–Trinajstić information content (AvgIpc) is 3.00. The predicted octanol–water partition coefficient (Wildman–Crippen LogP) is 2.63. The lowest BCUT2D eigenvalue weighted by molar-refractivity contribution is -0.141. The molecule has 6 nitrogen and oxygen atoms in total. The van der Waals surface area contributed by atoms with Crippen LogP contribution in [0.15, 0.2) is 59.8 Å². The first-order valence-electron chi connectivity index (χ1n) is 7.42. The fourth-order valence-corrected chi connectivity index (χ4v) is 2.73. The van der Waals surface area contributed by atoms with Gasteiger partial charge in [0, 0.05) is 5.56 Å². The Hall–Kier alpha value is -2.87. The lowest BCUT2D eigenvalue weighted by Gasteiger charge is -2.05. The first kappa shape index (κ1) is 17.0. The molecule has 0 unspecified atom stereocenters. The van der Waals surface area contributed by atoms with Gasteiger partial charge in [0.2, 0.25) is 5.16 Å². The van der Waals surface area contributed by atoms with Crippen LogP contribution in [0.5, 0.6) is 0 Å². The number of aromatic nitrogens is 3. The van der Waals surface area contributed by atoms with E-state index < -0.39 is 0 Å². The van der Waals surface area contributed by atoms with Crippen LogP contribution in [-0.4, -0.2) is 26.6 Å². The summed E-state index contributed by atoms with van der Waals surface area (Å²) >= 11 is 1.12. The molecule has 0 aliphatic carbocycles. The van der Waals surface area contributed by atoms with Crippen molar-refractivity contribution in [3.8, 4) is 11.4 Å². The highest BCUT2D eigenvalue weighted by molar-refractivity contribution is 7.99. The van der Waals surface area contributed by atoms with Crippen LogP contribution in [0.1, 0.15) is 5.56 Å².